The Morgan fingerprint density at radius 1 is 1.79 bits per heavy atom. The van der Waals surface area contributed by atoms with Crippen LogP contribution in [0.2, 0.25) is 0 Å². The molecule has 78 valence electrons. The average Bonchev–Trinajstić information content (AvgIpc) is 2.50. The molecule has 14 heavy (non-hydrogen) atoms. The minimum atomic E-state index is -0.409. The molecule has 0 saturated heterocycles. The fourth-order valence-corrected chi connectivity index (χ4v) is 1.35. The van der Waals surface area contributed by atoms with Gasteiger partial charge in [-0.1, -0.05) is 0 Å². The van der Waals surface area contributed by atoms with Crippen LogP contribution in [0, 0.1) is 6.92 Å². The summed E-state index contributed by atoms with van der Waals surface area (Å²) in [4.78, 5) is 11.4. The number of nitrogens with two attached hydrogens (primary N) is 1. The van der Waals surface area contributed by atoms with Crippen LogP contribution < -0.4 is 5.73 Å². The molecular weight excluding hydrogens is 182 g/mol. The molecule has 0 bridgehead atoms. The highest BCUT2D eigenvalue weighted by atomic mass is 16.5. The monoisotopic (exact) mass is 197 g/mol. The summed E-state index contributed by atoms with van der Waals surface area (Å²) in [5, 5.41) is 4.06. The lowest BCUT2D eigenvalue weighted by molar-refractivity contribution is -0.142. The number of rotatable bonds is 3. The molecule has 0 saturated carbocycles. The summed E-state index contributed by atoms with van der Waals surface area (Å²) >= 11 is 0. The quantitative estimate of drug-likeness (QED) is 0.689. The molecule has 1 atom stereocenters. The van der Waals surface area contributed by atoms with Gasteiger partial charge in [0.25, 0.3) is 0 Å². The first-order chi connectivity index (χ1) is 6.61. The number of carbonyl (C=O) groups is 1. The van der Waals surface area contributed by atoms with Crippen molar-refractivity contribution in [1.82, 2.24) is 9.78 Å². The highest BCUT2D eigenvalue weighted by molar-refractivity contribution is 5.78. The Labute approximate surface area is 82.8 Å². The van der Waals surface area contributed by atoms with Gasteiger partial charge in [-0.05, 0) is 6.92 Å². The van der Waals surface area contributed by atoms with Gasteiger partial charge in [0.2, 0.25) is 0 Å². The lowest BCUT2D eigenvalue weighted by Crippen LogP contribution is -2.23. The number of ether oxygens (including phenoxy) is 1. The lowest BCUT2D eigenvalue weighted by Gasteiger charge is -2.11. The topological polar surface area (TPSA) is 70.1 Å². The number of carbonyl (C=O) groups excluding carboxylic acids is 1. The molecule has 0 spiro atoms. The van der Waals surface area contributed by atoms with Crippen LogP contribution in [-0.2, 0) is 16.6 Å². The zero-order valence-electron chi connectivity index (χ0n) is 8.65. The van der Waals surface area contributed by atoms with E-state index in [1.807, 2.05) is 14.0 Å². The third-order valence-electron chi connectivity index (χ3n) is 2.37. The number of esters is 1. The zero-order valence-corrected chi connectivity index (χ0v) is 8.65. The number of hydrogen-bond donors (Lipinski definition) is 1. The normalized spacial score (nSPS) is 12.6. The number of hydrogen-bond acceptors (Lipinski definition) is 4. The first kappa shape index (κ1) is 10.7. The van der Waals surface area contributed by atoms with E-state index in [1.54, 1.807) is 10.9 Å². The van der Waals surface area contributed by atoms with Gasteiger partial charge in [-0.25, -0.2) is 0 Å². The van der Waals surface area contributed by atoms with Crippen LogP contribution >= 0.6 is 0 Å². The highest BCUT2D eigenvalue weighted by Crippen LogP contribution is 2.19. The summed E-state index contributed by atoms with van der Waals surface area (Å²) in [6.45, 7) is 2.13. The molecule has 1 heterocycles. The standard InChI is InChI=1S/C9H15N3O2/c1-6-8(5-11-12(6)2)7(4-10)9(13)14-3/h5,7H,4,10H2,1-3H3. The third-order valence-corrected chi connectivity index (χ3v) is 2.37. The second-order valence-electron chi connectivity index (χ2n) is 3.12. The number of aromatic nitrogens is 2. The van der Waals surface area contributed by atoms with E-state index in [1.165, 1.54) is 7.11 Å². The summed E-state index contributed by atoms with van der Waals surface area (Å²) in [5.41, 5.74) is 7.29. The smallest absolute Gasteiger partial charge is 0.314 e. The Balaban J connectivity index is 3.01. The highest BCUT2D eigenvalue weighted by Gasteiger charge is 2.23. The molecule has 0 aliphatic carbocycles. The van der Waals surface area contributed by atoms with E-state index < -0.39 is 5.92 Å². The Kier molecular flexibility index (Phi) is 3.24. The van der Waals surface area contributed by atoms with Crippen molar-refractivity contribution in [3.05, 3.63) is 17.5 Å². The maximum atomic E-state index is 11.4. The van der Waals surface area contributed by atoms with Crippen LogP contribution in [0.3, 0.4) is 0 Å². The SMILES string of the molecule is COC(=O)C(CN)c1cnn(C)c1C. The van der Waals surface area contributed by atoms with Crippen LogP contribution in [0.4, 0.5) is 0 Å². The molecule has 0 fully saturated rings. The largest absolute Gasteiger partial charge is 0.469 e. The summed E-state index contributed by atoms with van der Waals surface area (Å²) in [5.74, 6) is -0.725. The molecule has 0 amide bonds. The molecule has 5 heteroatoms. The summed E-state index contributed by atoms with van der Waals surface area (Å²) < 4.78 is 6.38. The third kappa shape index (κ3) is 1.77. The van der Waals surface area contributed by atoms with Gasteiger partial charge in [0.15, 0.2) is 0 Å². The second kappa shape index (κ2) is 4.23. The van der Waals surface area contributed by atoms with E-state index >= 15 is 0 Å². The molecule has 1 aromatic rings. The van der Waals surface area contributed by atoms with Crippen molar-refractivity contribution in [3.8, 4) is 0 Å². The zero-order chi connectivity index (χ0) is 10.7. The van der Waals surface area contributed by atoms with Gasteiger partial charge in [0.05, 0.1) is 19.2 Å². The van der Waals surface area contributed by atoms with Crippen LogP contribution in [-0.4, -0.2) is 29.4 Å². The maximum absolute atomic E-state index is 11.4. The first-order valence-corrected chi connectivity index (χ1v) is 4.38. The molecule has 0 aliphatic heterocycles. The van der Waals surface area contributed by atoms with Crippen LogP contribution in [0.15, 0.2) is 6.20 Å². The van der Waals surface area contributed by atoms with Crippen molar-refractivity contribution in [2.75, 3.05) is 13.7 Å². The van der Waals surface area contributed by atoms with Gasteiger partial charge in [-0.15, -0.1) is 0 Å². The average molecular weight is 197 g/mol. The molecule has 5 nitrogen and oxygen atoms in total. The molecule has 0 radical (unpaired) electrons. The Morgan fingerprint density at radius 3 is 2.79 bits per heavy atom. The van der Waals surface area contributed by atoms with Gasteiger partial charge >= 0.3 is 5.97 Å². The van der Waals surface area contributed by atoms with Gasteiger partial charge in [0.1, 0.15) is 0 Å². The van der Waals surface area contributed by atoms with Crippen molar-refractivity contribution in [2.24, 2.45) is 12.8 Å². The predicted octanol–water partition coefficient (Wildman–Crippen LogP) is -0.0562. The Morgan fingerprint density at radius 2 is 2.43 bits per heavy atom. The molecular formula is C9H15N3O2. The van der Waals surface area contributed by atoms with Crippen LogP contribution in [0.1, 0.15) is 17.2 Å². The van der Waals surface area contributed by atoms with Crippen molar-refractivity contribution in [3.63, 3.8) is 0 Å². The van der Waals surface area contributed by atoms with Gasteiger partial charge in [-0.2, -0.15) is 5.10 Å². The Hall–Kier alpha value is -1.36. The fourth-order valence-electron chi connectivity index (χ4n) is 1.35. The fraction of sp³-hybridized carbons (Fsp3) is 0.556. The minimum Gasteiger partial charge on any atom is -0.469 e. The molecule has 1 aromatic heterocycles. The summed E-state index contributed by atoms with van der Waals surface area (Å²) in [6.07, 6.45) is 1.66. The van der Waals surface area contributed by atoms with E-state index in [4.69, 9.17) is 5.73 Å². The number of aryl methyl sites for hydroxylation is 1. The van der Waals surface area contributed by atoms with Crippen LogP contribution in [0.5, 0.6) is 0 Å². The maximum Gasteiger partial charge on any atom is 0.314 e. The van der Waals surface area contributed by atoms with E-state index in [2.05, 4.69) is 9.84 Å². The molecule has 0 aliphatic rings. The van der Waals surface area contributed by atoms with Crippen molar-refractivity contribution < 1.29 is 9.53 Å². The lowest BCUT2D eigenvalue weighted by atomic mass is 10.0. The van der Waals surface area contributed by atoms with E-state index in [0.29, 0.717) is 0 Å². The van der Waals surface area contributed by atoms with E-state index in [-0.39, 0.29) is 12.5 Å². The minimum absolute atomic E-state index is 0.235. The van der Waals surface area contributed by atoms with Crippen LogP contribution in [0.25, 0.3) is 0 Å². The van der Waals surface area contributed by atoms with Gasteiger partial charge in [0, 0.05) is 24.8 Å². The Bertz CT molecular complexity index is 333. The van der Waals surface area contributed by atoms with Crippen molar-refractivity contribution >= 4 is 5.97 Å². The molecule has 2 N–H and O–H groups in total. The number of nitrogens with zero attached hydrogens (tertiary/aromatic N) is 2. The summed E-state index contributed by atoms with van der Waals surface area (Å²) in [7, 11) is 3.18. The van der Waals surface area contributed by atoms with E-state index in [9.17, 15) is 4.79 Å². The van der Waals surface area contributed by atoms with Gasteiger partial charge < -0.3 is 10.5 Å². The van der Waals surface area contributed by atoms with E-state index in [0.717, 1.165) is 11.3 Å². The molecule has 1 rings (SSSR count). The summed E-state index contributed by atoms with van der Waals surface area (Å²) in [6, 6.07) is 0. The molecule has 1 unspecified atom stereocenters. The second-order valence-corrected chi connectivity index (χ2v) is 3.12. The number of methoxy groups -OCH3 is 1. The first-order valence-electron chi connectivity index (χ1n) is 4.38. The van der Waals surface area contributed by atoms with Gasteiger partial charge in [-0.3, -0.25) is 9.48 Å². The molecule has 0 aromatic carbocycles. The van der Waals surface area contributed by atoms with Crippen molar-refractivity contribution in [2.45, 2.75) is 12.8 Å². The van der Waals surface area contributed by atoms with Crippen molar-refractivity contribution in [1.29, 1.82) is 0 Å². The predicted molar refractivity (Wildman–Crippen MR) is 51.8 cm³/mol.